The zero-order chi connectivity index (χ0) is 19.0. The van der Waals surface area contributed by atoms with Crippen molar-refractivity contribution in [3.63, 3.8) is 0 Å². The third-order valence-corrected chi connectivity index (χ3v) is 5.71. The first-order valence-electron chi connectivity index (χ1n) is 8.23. The van der Waals surface area contributed by atoms with E-state index in [4.69, 9.17) is 0 Å². The van der Waals surface area contributed by atoms with Gasteiger partial charge in [0.25, 0.3) is 0 Å². The lowest BCUT2D eigenvalue weighted by molar-refractivity contribution is -0.137. The summed E-state index contributed by atoms with van der Waals surface area (Å²) in [6.45, 7) is 3.70. The molecular formula is C20H20FNO3S. The molecule has 0 aliphatic carbocycles. The second-order valence-corrected chi connectivity index (χ2v) is 7.76. The van der Waals surface area contributed by atoms with Gasteiger partial charge in [0.05, 0.1) is 0 Å². The van der Waals surface area contributed by atoms with Crippen LogP contribution in [-0.2, 0) is 22.5 Å². The van der Waals surface area contributed by atoms with Crippen LogP contribution >= 0.6 is 0 Å². The summed E-state index contributed by atoms with van der Waals surface area (Å²) in [6.07, 6.45) is 1.63. The van der Waals surface area contributed by atoms with Crippen molar-refractivity contribution < 1.29 is 18.8 Å². The minimum absolute atomic E-state index is 0.0614. The number of hydrogen-bond donors (Lipinski definition) is 1. The van der Waals surface area contributed by atoms with E-state index in [0.717, 1.165) is 27.1 Å². The monoisotopic (exact) mass is 373 g/mol. The van der Waals surface area contributed by atoms with Crippen molar-refractivity contribution in [1.29, 1.82) is 0 Å². The SMILES string of the molecule is Cc1c(C(C)c2ccc([S+](C)[O-])cc2)c2cc(F)ccc2n1CC(=O)O. The predicted octanol–water partition coefficient (Wildman–Crippen LogP) is 4.06. The number of halogens is 1. The normalized spacial score (nSPS) is 13.7. The molecule has 0 aliphatic heterocycles. The number of carbonyl (C=O) groups is 1. The maximum atomic E-state index is 13.9. The summed E-state index contributed by atoms with van der Waals surface area (Å²) in [6, 6.07) is 11.9. The largest absolute Gasteiger partial charge is 0.612 e. The third kappa shape index (κ3) is 3.34. The first-order valence-corrected chi connectivity index (χ1v) is 9.78. The molecule has 0 amide bonds. The van der Waals surface area contributed by atoms with E-state index < -0.39 is 17.1 Å². The van der Waals surface area contributed by atoms with Gasteiger partial charge in [0.1, 0.15) is 18.6 Å². The van der Waals surface area contributed by atoms with Crippen molar-refractivity contribution in [2.45, 2.75) is 31.2 Å². The maximum absolute atomic E-state index is 13.9. The van der Waals surface area contributed by atoms with E-state index in [1.54, 1.807) is 16.9 Å². The minimum Gasteiger partial charge on any atom is -0.612 e. The molecule has 2 unspecified atom stereocenters. The summed E-state index contributed by atoms with van der Waals surface area (Å²) >= 11 is -1.05. The number of carboxylic acids is 1. The van der Waals surface area contributed by atoms with Crippen molar-refractivity contribution in [3.8, 4) is 0 Å². The van der Waals surface area contributed by atoms with Crippen LogP contribution in [0.1, 0.15) is 29.7 Å². The molecule has 1 N–H and O–H groups in total. The first kappa shape index (κ1) is 18.5. The molecule has 0 saturated carbocycles. The van der Waals surface area contributed by atoms with Crippen LogP contribution in [-0.4, -0.2) is 26.5 Å². The molecule has 3 rings (SSSR count). The van der Waals surface area contributed by atoms with E-state index in [1.165, 1.54) is 12.1 Å². The van der Waals surface area contributed by atoms with Crippen molar-refractivity contribution in [1.82, 2.24) is 4.57 Å². The maximum Gasteiger partial charge on any atom is 0.323 e. The molecule has 1 heterocycles. The third-order valence-electron chi connectivity index (χ3n) is 4.77. The summed E-state index contributed by atoms with van der Waals surface area (Å²) in [4.78, 5) is 12.0. The predicted molar refractivity (Wildman–Crippen MR) is 101 cm³/mol. The number of carboxylic acid groups (broad SMARTS) is 1. The number of hydrogen-bond acceptors (Lipinski definition) is 2. The Morgan fingerprint density at radius 3 is 2.50 bits per heavy atom. The van der Waals surface area contributed by atoms with Crippen molar-refractivity contribution in [3.05, 3.63) is 65.1 Å². The number of benzene rings is 2. The second-order valence-electron chi connectivity index (χ2n) is 6.39. The Bertz CT molecular complexity index is 963. The van der Waals surface area contributed by atoms with Gasteiger partial charge in [0.15, 0.2) is 4.90 Å². The van der Waals surface area contributed by atoms with Crippen LogP contribution in [0, 0.1) is 12.7 Å². The van der Waals surface area contributed by atoms with Gasteiger partial charge in [0.2, 0.25) is 0 Å². The molecule has 3 aromatic rings. The molecule has 6 heteroatoms. The van der Waals surface area contributed by atoms with Crippen molar-refractivity contribution in [2.24, 2.45) is 0 Å². The molecule has 0 fully saturated rings. The standard InChI is InChI=1S/C20H20FNO3S/c1-12(14-4-7-16(8-5-14)26(3)25)20-13(2)22(11-19(23)24)18-9-6-15(21)10-17(18)20/h4-10,12H,11H2,1-3H3,(H,23,24). The van der Waals surface area contributed by atoms with Gasteiger partial charge in [-0.2, -0.15) is 0 Å². The molecule has 136 valence electrons. The number of aromatic nitrogens is 1. The zero-order valence-electron chi connectivity index (χ0n) is 14.8. The average Bonchev–Trinajstić information content (AvgIpc) is 2.85. The van der Waals surface area contributed by atoms with E-state index in [0.29, 0.717) is 5.52 Å². The van der Waals surface area contributed by atoms with Gasteiger partial charge in [-0.15, -0.1) is 0 Å². The summed E-state index contributed by atoms with van der Waals surface area (Å²) in [5, 5.41) is 9.95. The van der Waals surface area contributed by atoms with Crippen molar-refractivity contribution >= 4 is 28.0 Å². The highest BCUT2D eigenvalue weighted by atomic mass is 32.2. The highest BCUT2D eigenvalue weighted by Gasteiger charge is 2.22. The van der Waals surface area contributed by atoms with Crippen molar-refractivity contribution in [2.75, 3.05) is 6.26 Å². The van der Waals surface area contributed by atoms with Crippen LogP contribution in [0.5, 0.6) is 0 Å². The molecule has 4 nitrogen and oxygen atoms in total. The Kier molecular flexibility index (Phi) is 5.07. The van der Waals surface area contributed by atoms with Gasteiger partial charge in [-0.3, -0.25) is 4.79 Å². The fourth-order valence-corrected chi connectivity index (χ4v) is 4.00. The van der Waals surface area contributed by atoms with E-state index in [9.17, 15) is 18.8 Å². The number of rotatable bonds is 5. The van der Waals surface area contributed by atoms with Gasteiger partial charge < -0.3 is 14.2 Å². The quantitative estimate of drug-likeness (QED) is 0.686. The lowest BCUT2D eigenvalue weighted by atomic mass is 9.91. The molecule has 0 saturated heterocycles. The number of aliphatic carboxylic acids is 1. The summed E-state index contributed by atoms with van der Waals surface area (Å²) < 4.78 is 27.2. The van der Waals surface area contributed by atoms with Crippen LogP contribution in [0.15, 0.2) is 47.4 Å². The van der Waals surface area contributed by atoms with Crippen LogP contribution < -0.4 is 0 Å². The number of nitrogens with zero attached hydrogens (tertiary/aromatic N) is 1. The Morgan fingerprint density at radius 2 is 1.92 bits per heavy atom. The van der Waals surface area contributed by atoms with Gasteiger partial charge in [-0.1, -0.05) is 19.1 Å². The highest BCUT2D eigenvalue weighted by molar-refractivity contribution is 7.90. The van der Waals surface area contributed by atoms with Crippen LogP contribution in [0.2, 0.25) is 0 Å². The van der Waals surface area contributed by atoms with Crippen LogP contribution in [0.4, 0.5) is 4.39 Å². The lowest BCUT2D eigenvalue weighted by Crippen LogP contribution is -2.10. The molecule has 0 bridgehead atoms. The zero-order valence-corrected chi connectivity index (χ0v) is 15.6. The lowest BCUT2D eigenvalue weighted by Gasteiger charge is -2.14. The summed E-state index contributed by atoms with van der Waals surface area (Å²) in [7, 11) is 0. The molecule has 0 aliphatic rings. The van der Waals surface area contributed by atoms with Crippen LogP contribution in [0.3, 0.4) is 0 Å². The second kappa shape index (κ2) is 7.13. The van der Waals surface area contributed by atoms with E-state index in [1.807, 2.05) is 38.1 Å². The van der Waals surface area contributed by atoms with Gasteiger partial charge in [0, 0.05) is 22.5 Å². The number of fused-ring (bicyclic) bond motifs is 1. The smallest absolute Gasteiger partial charge is 0.323 e. The fraction of sp³-hybridized carbons (Fsp3) is 0.250. The Balaban J connectivity index is 2.15. The Hall–Kier alpha value is -2.31. The summed E-state index contributed by atoms with van der Waals surface area (Å²) in [5.41, 5.74) is 3.43. The molecular weight excluding hydrogens is 353 g/mol. The highest BCUT2D eigenvalue weighted by Crippen LogP contribution is 2.36. The first-order chi connectivity index (χ1) is 12.3. The van der Waals surface area contributed by atoms with Crippen LogP contribution in [0.25, 0.3) is 10.9 Å². The topological polar surface area (TPSA) is 65.3 Å². The fourth-order valence-electron chi connectivity index (χ4n) is 3.48. The molecule has 0 radical (unpaired) electrons. The summed E-state index contributed by atoms with van der Waals surface area (Å²) in [5.74, 6) is -1.35. The molecule has 2 aromatic carbocycles. The Morgan fingerprint density at radius 1 is 1.27 bits per heavy atom. The minimum atomic E-state index is -1.05. The van der Waals surface area contributed by atoms with Gasteiger partial charge in [-0.25, -0.2) is 4.39 Å². The van der Waals surface area contributed by atoms with E-state index in [2.05, 4.69) is 0 Å². The molecule has 26 heavy (non-hydrogen) atoms. The molecule has 1 aromatic heterocycles. The van der Waals surface area contributed by atoms with E-state index in [-0.39, 0.29) is 18.3 Å². The van der Waals surface area contributed by atoms with E-state index >= 15 is 0 Å². The average molecular weight is 373 g/mol. The molecule has 0 spiro atoms. The van der Waals surface area contributed by atoms with Gasteiger partial charge >= 0.3 is 5.97 Å². The van der Waals surface area contributed by atoms with Gasteiger partial charge in [-0.05, 0) is 59.6 Å². The molecule has 2 atom stereocenters. The Labute approximate surface area is 154 Å².